The summed E-state index contributed by atoms with van der Waals surface area (Å²) < 4.78 is 5.36. The van der Waals surface area contributed by atoms with Crippen LogP contribution in [-0.2, 0) is 14.3 Å². The Morgan fingerprint density at radius 1 is 0.720 bits per heavy atom. The standard InChI is InChI=1S/C20H36N2O3/c1-13-7-5-8-14(2)19(13)21-17(23)11-25-12-18(24)22-20-15(3)9-6-10-16(20)4/h13-16,19-20H,5-12H2,1-4H3,(H,21,23)(H,22,24). The Balaban J connectivity index is 1.67. The van der Waals surface area contributed by atoms with Crippen LogP contribution in [0.2, 0.25) is 0 Å². The minimum absolute atomic E-state index is 0.0425. The van der Waals surface area contributed by atoms with Crippen LogP contribution in [-0.4, -0.2) is 37.1 Å². The summed E-state index contributed by atoms with van der Waals surface area (Å²) in [6.45, 7) is 8.70. The zero-order chi connectivity index (χ0) is 18.4. The van der Waals surface area contributed by atoms with Crippen molar-refractivity contribution >= 4 is 11.8 Å². The van der Waals surface area contributed by atoms with E-state index in [1.54, 1.807) is 0 Å². The van der Waals surface area contributed by atoms with Gasteiger partial charge in [-0.15, -0.1) is 0 Å². The average Bonchev–Trinajstić information content (AvgIpc) is 2.55. The summed E-state index contributed by atoms with van der Waals surface area (Å²) in [5.41, 5.74) is 0. The molecule has 0 bridgehead atoms. The van der Waals surface area contributed by atoms with Gasteiger partial charge in [0.15, 0.2) is 0 Å². The summed E-state index contributed by atoms with van der Waals surface area (Å²) in [5.74, 6) is 1.79. The van der Waals surface area contributed by atoms with Crippen LogP contribution in [0.3, 0.4) is 0 Å². The van der Waals surface area contributed by atoms with Crippen molar-refractivity contribution in [1.29, 1.82) is 0 Å². The maximum Gasteiger partial charge on any atom is 0.246 e. The number of hydrogen-bond acceptors (Lipinski definition) is 3. The highest BCUT2D eigenvalue weighted by Gasteiger charge is 2.30. The van der Waals surface area contributed by atoms with Crippen LogP contribution >= 0.6 is 0 Å². The Labute approximate surface area is 152 Å². The van der Waals surface area contributed by atoms with Gasteiger partial charge in [-0.05, 0) is 49.4 Å². The van der Waals surface area contributed by atoms with Crippen molar-refractivity contribution in [2.45, 2.75) is 78.3 Å². The van der Waals surface area contributed by atoms with Gasteiger partial charge < -0.3 is 15.4 Å². The number of rotatable bonds is 6. The third-order valence-electron chi connectivity index (χ3n) is 6.21. The minimum Gasteiger partial charge on any atom is -0.362 e. The second-order valence-electron chi connectivity index (χ2n) is 8.45. The Morgan fingerprint density at radius 3 is 1.36 bits per heavy atom. The van der Waals surface area contributed by atoms with Crippen molar-refractivity contribution in [3.8, 4) is 0 Å². The Kier molecular flexibility index (Phi) is 7.73. The normalized spacial score (nSPS) is 35.8. The summed E-state index contributed by atoms with van der Waals surface area (Å²) in [5, 5.41) is 6.18. The highest BCUT2D eigenvalue weighted by Crippen LogP contribution is 2.29. The Bertz CT molecular complexity index is 394. The molecule has 0 saturated heterocycles. The molecule has 2 fully saturated rings. The molecule has 0 radical (unpaired) electrons. The van der Waals surface area contributed by atoms with E-state index < -0.39 is 0 Å². The van der Waals surface area contributed by atoms with E-state index in [0.717, 1.165) is 25.7 Å². The lowest BCUT2D eigenvalue weighted by atomic mass is 9.79. The summed E-state index contributed by atoms with van der Waals surface area (Å²) in [7, 11) is 0. The Morgan fingerprint density at radius 2 is 1.04 bits per heavy atom. The molecule has 2 amide bonds. The molecule has 0 aliphatic heterocycles. The highest BCUT2D eigenvalue weighted by molar-refractivity contribution is 5.80. The first-order valence-electron chi connectivity index (χ1n) is 10.0. The molecule has 2 rings (SSSR count). The number of nitrogens with one attached hydrogen (secondary N) is 2. The number of ether oxygens (including phenoxy) is 1. The van der Waals surface area contributed by atoms with Crippen LogP contribution in [0.15, 0.2) is 0 Å². The van der Waals surface area contributed by atoms with E-state index in [0.29, 0.717) is 23.7 Å². The second kappa shape index (κ2) is 9.56. The molecule has 4 unspecified atom stereocenters. The topological polar surface area (TPSA) is 67.4 Å². The summed E-state index contributed by atoms with van der Waals surface area (Å²) in [6.07, 6.45) is 7.13. The number of amides is 2. The molecule has 5 heteroatoms. The van der Waals surface area contributed by atoms with Gasteiger partial charge in [0.1, 0.15) is 13.2 Å². The summed E-state index contributed by atoms with van der Waals surface area (Å²) in [6, 6.07) is 0.449. The molecule has 0 spiro atoms. The molecule has 5 nitrogen and oxygen atoms in total. The van der Waals surface area contributed by atoms with E-state index >= 15 is 0 Å². The minimum atomic E-state index is -0.113. The highest BCUT2D eigenvalue weighted by atomic mass is 16.5. The fourth-order valence-electron chi connectivity index (χ4n) is 4.62. The molecule has 0 aromatic heterocycles. The largest absolute Gasteiger partial charge is 0.362 e. The van der Waals surface area contributed by atoms with Gasteiger partial charge in [-0.3, -0.25) is 9.59 Å². The Hall–Kier alpha value is -1.10. The zero-order valence-corrected chi connectivity index (χ0v) is 16.3. The molecule has 0 aromatic rings. The number of hydrogen-bond donors (Lipinski definition) is 2. The molecule has 4 atom stereocenters. The van der Waals surface area contributed by atoms with Crippen LogP contribution in [0.1, 0.15) is 66.2 Å². The van der Waals surface area contributed by atoms with E-state index in [1.807, 2.05) is 0 Å². The monoisotopic (exact) mass is 352 g/mol. The summed E-state index contributed by atoms with van der Waals surface area (Å²) in [4.78, 5) is 24.2. The van der Waals surface area contributed by atoms with Gasteiger partial charge >= 0.3 is 0 Å². The molecule has 25 heavy (non-hydrogen) atoms. The van der Waals surface area contributed by atoms with Crippen molar-refractivity contribution in [2.75, 3.05) is 13.2 Å². The van der Waals surface area contributed by atoms with Crippen molar-refractivity contribution < 1.29 is 14.3 Å². The van der Waals surface area contributed by atoms with Gasteiger partial charge in [0.05, 0.1) is 0 Å². The molecular weight excluding hydrogens is 316 g/mol. The van der Waals surface area contributed by atoms with E-state index in [-0.39, 0.29) is 37.1 Å². The molecule has 144 valence electrons. The van der Waals surface area contributed by atoms with E-state index in [9.17, 15) is 9.59 Å². The third-order valence-corrected chi connectivity index (χ3v) is 6.21. The van der Waals surface area contributed by atoms with Crippen molar-refractivity contribution in [2.24, 2.45) is 23.7 Å². The number of carbonyl (C=O) groups is 2. The van der Waals surface area contributed by atoms with Gasteiger partial charge in [0, 0.05) is 12.1 Å². The van der Waals surface area contributed by atoms with Crippen molar-refractivity contribution in [1.82, 2.24) is 10.6 Å². The van der Waals surface area contributed by atoms with Crippen LogP contribution < -0.4 is 10.6 Å². The fraction of sp³-hybridized carbons (Fsp3) is 0.900. The van der Waals surface area contributed by atoms with E-state index in [4.69, 9.17) is 4.74 Å². The lowest BCUT2D eigenvalue weighted by molar-refractivity contribution is -0.132. The second-order valence-corrected chi connectivity index (χ2v) is 8.45. The maximum absolute atomic E-state index is 12.1. The number of carbonyl (C=O) groups excluding carboxylic acids is 2. The molecule has 0 heterocycles. The van der Waals surface area contributed by atoms with Gasteiger partial charge in [0.2, 0.25) is 11.8 Å². The van der Waals surface area contributed by atoms with Gasteiger partial charge in [0.25, 0.3) is 0 Å². The third kappa shape index (κ3) is 5.98. The first kappa shape index (κ1) is 20.2. The van der Waals surface area contributed by atoms with Gasteiger partial charge in [-0.1, -0.05) is 40.5 Å². The molecule has 2 saturated carbocycles. The smallest absolute Gasteiger partial charge is 0.246 e. The molecule has 2 aliphatic carbocycles. The van der Waals surface area contributed by atoms with Crippen LogP contribution in [0.5, 0.6) is 0 Å². The first-order chi connectivity index (χ1) is 11.9. The first-order valence-corrected chi connectivity index (χ1v) is 10.0. The van der Waals surface area contributed by atoms with Crippen LogP contribution in [0.25, 0.3) is 0 Å². The van der Waals surface area contributed by atoms with Crippen LogP contribution in [0, 0.1) is 23.7 Å². The predicted octanol–water partition coefficient (Wildman–Crippen LogP) is 2.88. The fourth-order valence-corrected chi connectivity index (χ4v) is 4.62. The lowest BCUT2D eigenvalue weighted by Gasteiger charge is -2.35. The SMILES string of the molecule is CC1CCCC(C)C1NC(=O)COCC(=O)NC1C(C)CCCC1C. The van der Waals surface area contributed by atoms with Crippen molar-refractivity contribution in [3.63, 3.8) is 0 Å². The molecular formula is C20H36N2O3. The lowest BCUT2D eigenvalue weighted by Crippen LogP contribution is -2.48. The van der Waals surface area contributed by atoms with Gasteiger partial charge in [-0.25, -0.2) is 0 Å². The van der Waals surface area contributed by atoms with Crippen molar-refractivity contribution in [3.05, 3.63) is 0 Å². The van der Waals surface area contributed by atoms with Crippen LogP contribution in [0.4, 0.5) is 0 Å². The van der Waals surface area contributed by atoms with E-state index in [1.165, 1.54) is 12.8 Å². The zero-order valence-electron chi connectivity index (χ0n) is 16.3. The van der Waals surface area contributed by atoms with Gasteiger partial charge in [-0.2, -0.15) is 0 Å². The molecule has 2 N–H and O–H groups in total. The van der Waals surface area contributed by atoms with E-state index in [2.05, 4.69) is 38.3 Å². The quantitative estimate of drug-likeness (QED) is 0.772. The molecule has 0 aromatic carbocycles. The maximum atomic E-state index is 12.1. The molecule has 2 aliphatic rings. The average molecular weight is 353 g/mol. The predicted molar refractivity (Wildman–Crippen MR) is 99.0 cm³/mol. The summed E-state index contributed by atoms with van der Waals surface area (Å²) >= 11 is 0.